The monoisotopic (exact) mass is 343 g/mol. The van der Waals surface area contributed by atoms with Crippen LogP contribution in [0.2, 0.25) is 0 Å². The molecule has 2 fully saturated rings. The molecule has 2 atom stereocenters. The molecule has 5 heteroatoms. The minimum Gasteiger partial charge on any atom is -0.342 e. The third-order valence-electron chi connectivity index (χ3n) is 5.31. The highest BCUT2D eigenvalue weighted by Crippen LogP contribution is 2.22. The summed E-state index contributed by atoms with van der Waals surface area (Å²) < 4.78 is 0. The number of likely N-dealkylation sites (tertiary alicyclic amines) is 1. The molecule has 0 saturated carbocycles. The maximum Gasteiger partial charge on any atom is 0.228 e. The molecule has 2 amide bonds. The summed E-state index contributed by atoms with van der Waals surface area (Å²) in [6, 6.07) is 7.81. The first-order valence-electron chi connectivity index (χ1n) is 9.50. The van der Waals surface area contributed by atoms with Crippen LogP contribution in [0.25, 0.3) is 0 Å². The van der Waals surface area contributed by atoms with Crippen LogP contribution in [0, 0.1) is 18.8 Å². The van der Waals surface area contributed by atoms with E-state index in [0.717, 1.165) is 31.6 Å². The fraction of sp³-hybridized carbons (Fsp3) is 0.600. The van der Waals surface area contributed by atoms with Crippen LogP contribution in [-0.4, -0.2) is 42.9 Å². The van der Waals surface area contributed by atoms with Crippen LogP contribution < -0.4 is 10.6 Å². The van der Waals surface area contributed by atoms with Crippen LogP contribution in [0.3, 0.4) is 0 Å². The van der Waals surface area contributed by atoms with Gasteiger partial charge in [0.1, 0.15) is 0 Å². The summed E-state index contributed by atoms with van der Waals surface area (Å²) in [7, 11) is 0. The molecule has 0 bridgehead atoms. The molecule has 2 aliphatic rings. The average Bonchev–Trinajstić information content (AvgIpc) is 2.92. The SMILES string of the molecule is Cc1ccc(NC(=O)C2CNCC(C(=O)N3CCCCCC3)C2)cc1. The Kier molecular flexibility index (Phi) is 6.08. The normalized spacial score (nSPS) is 24.4. The molecule has 2 heterocycles. The Bertz CT molecular complexity index is 591. The number of carbonyl (C=O) groups excluding carboxylic acids is 2. The number of hydrogen-bond donors (Lipinski definition) is 2. The lowest BCUT2D eigenvalue weighted by atomic mass is 9.88. The molecule has 0 aliphatic carbocycles. The lowest BCUT2D eigenvalue weighted by Crippen LogP contribution is -2.48. The summed E-state index contributed by atoms with van der Waals surface area (Å²) in [5, 5.41) is 6.27. The highest BCUT2D eigenvalue weighted by atomic mass is 16.2. The maximum atomic E-state index is 12.8. The van der Waals surface area contributed by atoms with Gasteiger partial charge in [-0.25, -0.2) is 0 Å². The lowest BCUT2D eigenvalue weighted by molar-refractivity contribution is -0.137. The Labute approximate surface area is 150 Å². The number of amides is 2. The molecule has 0 spiro atoms. The zero-order valence-corrected chi connectivity index (χ0v) is 15.1. The van der Waals surface area contributed by atoms with Crippen molar-refractivity contribution >= 4 is 17.5 Å². The van der Waals surface area contributed by atoms with E-state index in [-0.39, 0.29) is 23.7 Å². The molecule has 0 radical (unpaired) electrons. The molecule has 2 saturated heterocycles. The van der Waals surface area contributed by atoms with E-state index in [9.17, 15) is 9.59 Å². The Morgan fingerprint density at radius 2 is 1.64 bits per heavy atom. The first-order chi connectivity index (χ1) is 12.1. The molecule has 5 nitrogen and oxygen atoms in total. The number of rotatable bonds is 3. The van der Waals surface area contributed by atoms with Gasteiger partial charge in [-0.15, -0.1) is 0 Å². The zero-order chi connectivity index (χ0) is 17.6. The standard InChI is InChI=1S/C20H29N3O2/c1-15-6-8-18(9-7-15)22-19(24)16-12-17(14-21-13-16)20(25)23-10-4-2-3-5-11-23/h6-9,16-17,21H,2-5,10-14H2,1H3,(H,22,24). The maximum absolute atomic E-state index is 12.8. The van der Waals surface area contributed by atoms with E-state index >= 15 is 0 Å². The summed E-state index contributed by atoms with van der Waals surface area (Å²) >= 11 is 0. The topological polar surface area (TPSA) is 61.4 Å². The number of aryl methyl sites for hydroxylation is 1. The largest absolute Gasteiger partial charge is 0.342 e. The second-order valence-electron chi connectivity index (χ2n) is 7.38. The van der Waals surface area contributed by atoms with Gasteiger partial charge < -0.3 is 15.5 Å². The van der Waals surface area contributed by atoms with E-state index in [4.69, 9.17) is 0 Å². The van der Waals surface area contributed by atoms with Crippen molar-refractivity contribution in [3.05, 3.63) is 29.8 Å². The smallest absolute Gasteiger partial charge is 0.228 e. The van der Waals surface area contributed by atoms with Crippen LogP contribution >= 0.6 is 0 Å². The quantitative estimate of drug-likeness (QED) is 0.887. The minimum absolute atomic E-state index is 0.00437. The van der Waals surface area contributed by atoms with Crippen molar-refractivity contribution in [1.29, 1.82) is 0 Å². The van der Waals surface area contributed by atoms with Gasteiger partial charge in [0.15, 0.2) is 0 Å². The average molecular weight is 343 g/mol. The molecular weight excluding hydrogens is 314 g/mol. The van der Waals surface area contributed by atoms with E-state index in [1.165, 1.54) is 18.4 Å². The molecule has 2 aliphatic heterocycles. The molecule has 0 aromatic heterocycles. The first kappa shape index (κ1) is 17.9. The number of anilines is 1. The minimum atomic E-state index is -0.156. The molecule has 3 rings (SSSR count). The molecule has 2 unspecified atom stereocenters. The summed E-state index contributed by atoms with van der Waals surface area (Å²) in [6.07, 6.45) is 5.27. The third-order valence-corrected chi connectivity index (χ3v) is 5.31. The van der Waals surface area contributed by atoms with Crippen LogP contribution in [-0.2, 0) is 9.59 Å². The van der Waals surface area contributed by atoms with Gasteiger partial charge in [-0.3, -0.25) is 9.59 Å². The summed E-state index contributed by atoms with van der Waals surface area (Å²) in [6.45, 7) is 5.09. The Hall–Kier alpha value is -1.88. The lowest BCUT2D eigenvalue weighted by Gasteiger charge is -2.32. The van der Waals surface area contributed by atoms with Crippen molar-refractivity contribution in [2.24, 2.45) is 11.8 Å². The van der Waals surface area contributed by atoms with Crippen molar-refractivity contribution in [2.45, 2.75) is 39.0 Å². The van der Waals surface area contributed by atoms with Crippen molar-refractivity contribution in [2.75, 3.05) is 31.5 Å². The fourth-order valence-electron chi connectivity index (χ4n) is 3.76. The fourth-order valence-corrected chi connectivity index (χ4v) is 3.76. The molecule has 136 valence electrons. The molecule has 2 N–H and O–H groups in total. The van der Waals surface area contributed by atoms with E-state index < -0.39 is 0 Å². The third kappa shape index (κ3) is 4.82. The highest BCUT2D eigenvalue weighted by molar-refractivity contribution is 5.93. The number of nitrogens with one attached hydrogen (secondary N) is 2. The Balaban J connectivity index is 1.57. The van der Waals surface area contributed by atoms with Gasteiger partial charge in [-0.05, 0) is 38.3 Å². The predicted octanol–water partition coefficient (Wildman–Crippen LogP) is 2.56. The molecule has 1 aromatic rings. The van der Waals surface area contributed by atoms with E-state index in [1.807, 2.05) is 36.1 Å². The van der Waals surface area contributed by atoms with Gasteiger partial charge in [-0.2, -0.15) is 0 Å². The van der Waals surface area contributed by atoms with E-state index in [2.05, 4.69) is 10.6 Å². The highest BCUT2D eigenvalue weighted by Gasteiger charge is 2.33. The van der Waals surface area contributed by atoms with Crippen molar-refractivity contribution in [1.82, 2.24) is 10.2 Å². The second kappa shape index (κ2) is 8.48. The Morgan fingerprint density at radius 3 is 2.32 bits per heavy atom. The molecule has 25 heavy (non-hydrogen) atoms. The first-order valence-corrected chi connectivity index (χ1v) is 9.50. The predicted molar refractivity (Wildman–Crippen MR) is 99.3 cm³/mol. The molecular formula is C20H29N3O2. The van der Waals surface area contributed by atoms with Crippen LogP contribution in [0.15, 0.2) is 24.3 Å². The van der Waals surface area contributed by atoms with Crippen molar-refractivity contribution < 1.29 is 9.59 Å². The number of nitrogens with zero attached hydrogens (tertiary/aromatic N) is 1. The second-order valence-corrected chi connectivity index (χ2v) is 7.38. The van der Waals surface area contributed by atoms with E-state index in [0.29, 0.717) is 19.5 Å². The number of piperidine rings is 1. The molecule has 1 aromatic carbocycles. The van der Waals surface area contributed by atoms with Gasteiger partial charge in [0, 0.05) is 31.9 Å². The van der Waals surface area contributed by atoms with Gasteiger partial charge in [-0.1, -0.05) is 30.5 Å². The van der Waals surface area contributed by atoms with Gasteiger partial charge >= 0.3 is 0 Å². The summed E-state index contributed by atoms with van der Waals surface area (Å²) in [4.78, 5) is 27.4. The van der Waals surface area contributed by atoms with E-state index in [1.54, 1.807) is 0 Å². The number of carbonyl (C=O) groups is 2. The van der Waals surface area contributed by atoms with Gasteiger partial charge in [0.25, 0.3) is 0 Å². The van der Waals surface area contributed by atoms with Crippen molar-refractivity contribution in [3.8, 4) is 0 Å². The van der Waals surface area contributed by atoms with Gasteiger partial charge in [0.2, 0.25) is 11.8 Å². The van der Waals surface area contributed by atoms with Gasteiger partial charge in [0.05, 0.1) is 11.8 Å². The number of benzene rings is 1. The Morgan fingerprint density at radius 1 is 1.00 bits per heavy atom. The van der Waals surface area contributed by atoms with Crippen LogP contribution in [0.5, 0.6) is 0 Å². The summed E-state index contributed by atoms with van der Waals surface area (Å²) in [5.41, 5.74) is 1.98. The van der Waals surface area contributed by atoms with Crippen LogP contribution in [0.1, 0.15) is 37.7 Å². The zero-order valence-electron chi connectivity index (χ0n) is 15.1. The van der Waals surface area contributed by atoms with Crippen LogP contribution in [0.4, 0.5) is 5.69 Å². The van der Waals surface area contributed by atoms with Crippen molar-refractivity contribution in [3.63, 3.8) is 0 Å². The number of hydrogen-bond acceptors (Lipinski definition) is 3. The summed E-state index contributed by atoms with van der Waals surface area (Å²) in [5.74, 6) is -0.0106.